The summed E-state index contributed by atoms with van der Waals surface area (Å²) in [6.07, 6.45) is -0.126. The fourth-order valence-electron chi connectivity index (χ4n) is 0.784. The highest BCUT2D eigenvalue weighted by Gasteiger charge is 2.17. The van der Waals surface area contributed by atoms with Gasteiger partial charge in [-0.1, -0.05) is 6.58 Å². The summed E-state index contributed by atoms with van der Waals surface area (Å²) < 4.78 is 10.9. The molecule has 12 heavy (non-hydrogen) atoms. The van der Waals surface area contributed by atoms with E-state index in [9.17, 15) is 9.36 Å². The highest BCUT2D eigenvalue weighted by molar-refractivity contribution is 7.57. The third-order valence-electron chi connectivity index (χ3n) is 1.19. The fraction of sp³-hybridized carbons (Fsp3) is 0.571. The third kappa shape index (κ3) is 4.31. The molecule has 0 saturated heterocycles. The fourth-order valence-corrected chi connectivity index (χ4v) is 1.70. The highest BCUT2D eigenvalue weighted by atomic mass is 31.2. The predicted molar refractivity (Wildman–Crippen MR) is 48.2 cm³/mol. The summed E-state index contributed by atoms with van der Waals surface area (Å²) in [7, 11) is -1.68. The molecule has 0 aliphatic rings. The monoisotopic (exact) mass is 191 g/mol. The summed E-state index contributed by atoms with van der Waals surface area (Å²) in [5, 5.41) is 0. The average molecular weight is 191 g/mol. The van der Waals surface area contributed by atoms with Crippen LogP contribution >= 0.6 is 7.37 Å². The minimum atomic E-state index is -3.15. The van der Waals surface area contributed by atoms with Gasteiger partial charge in [-0.3, -0.25) is 9.36 Å². The van der Waals surface area contributed by atoms with Gasteiger partial charge in [0.25, 0.3) is 0 Å². The van der Waals surface area contributed by atoms with E-state index in [4.69, 9.17) is 4.89 Å². The summed E-state index contributed by atoms with van der Waals surface area (Å²) in [5.74, 6) is -0.300. The van der Waals surface area contributed by atoms with Gasteiger partial charge in [0.05, 0.1) is 6.29 Å². The number of hydrogen-bond donors (Lipinski definition) is 1. The van der Waals surface area contributed by atoms with Gasteiger partial charge in [-0.15, -0.1) is 0 Å². The first kappa shape index (κ1) is 11.4. The summed E-state index contributed by atoms with van der Waals surface area (Å²) in [5.41, 5.74) is 0.367. The van der Waals surface area contributed by atoms with Crippen molar-refractivity contribution in [1.29, 1.82) is 0 Å². The molecule has 0 aliphatic carbocycles. The molecule has 1 unspecified atom stereocenters. The molecule has 1 N–H and O–H groups in total. The van der Waals surface area contributed by atoms with Crippen LogP contribution in [0.5, 0.6) is 0 Å². The minimum Gasteiger partial charge on any atom is -0.343 e. The second kappa shape index (κ2) is 3.87. The Morgan fingerprint density at radius 1 is 1.67 bits per heavy atom. The SMILES string of the molecule is C=C(C)C(=O)N(C)CP(C)(=O)O. The van der Waals surface area contributed by atoms with E-state index in [1.165, 1.54) is 18.6 Å². The van der Waals surface area contributed by atoms with Crippen molar-refractivity contribution in [3.8, 4) is 0 Å². The summed E-state index contributed by atoms with van der Waals surface area (Å²) in [6, 6.07) is 0. The van der Waals surface area contributed by atoms with Crippen molar-refractivity contribution in [2.45, 2.75) is 6.92 Å². The molecule has 1 amide bonds. The molecule has 0 radical (unpaired) electrons. The Balaban J connectivity index is 4.24. The normalized spacial score (nSPS) is 15.0. The topological polar surface area (TPSA) is 57.6 Å². The van der Waals surface area contributed by atoms with Crippen molar-refractivity contribution in [2.24, 2.45) is 0 Å². The molecular weight excluding hydrogens is 177 g/mol. The van der Waals surface area contributed by atoms with E-state index in [0.717, 1.165) is 0 Å². The van der Waals surface area contributed by atoms with E-state index in [1.807, 2.05) is 0 Å². The van der Waals surface area contributed by atoms with Crippen LogP contribution in [-0.2, 0) is 9.36 Å². The number of carbonyl (C=O) groups is 1. The van der Waals surface area contributed by atoms with Crippen LogP contribution in [0.4, 0.5) is 0 Å². The Labute approximate surface area is 72.3 Å². The molecule has 4 nitrogen and oxygen atoms in total. The molecule has 5 heteroatoms. The smallest absolute Gasteiger partial charge is 0.249 e. The third-order valence-corrected chi connectivity index (χ3v) is 2.14. The first-order valence-electron chi connectivity index (χ1n) is 3.44. The van der Waals surface area contributed by atoms with E-state index >= 15 is 0 Å². The van der Waals surface area contributed by atoms with Crippen molar-refractivity contribution >= 4 is 13.3 Å². The van der Waals surface area contributed by atoms with Gasteiger partial charge in [0, 0.05) is 19.3 Å². The van der Waals surface area contributed by atoms with Gasteiger partial charge in [0.1, 0.15) is 0 Å². The van der Waals surface area contributed by atoms with E-state index in [0.29, 0.717) is 5.57 Å². The molecule has 0 aliphatic heterocycles. The second-order valence-electron chi connectivity index (χ2n) is 2.98. The quantitative estimate of drug-likeness (QED) is 0.532. The Morgan fingerprint density at radius 3 is 2.33 bits per heavy atom. The molecule has 0 aromatic carbocycles. The molecule has 0 rings (SSSR count). The second-order valence-corrected chi connectivity index (χ2v) is 5.36. The van der Waals surface area contributed by atoms with Gasteiger partial charge < -0.3 is 9.79 Å². The lowest BCUT2D eigenvalue weighted by atomic mass is 10.3. The van der Waals surface area contributed by atoms with Crippen molar-refractivity contribution < 1.29 is 14.3 Å². The average Bonchev–Trinajstić information content (AvgIpc) is 1.82. The largest absolute Gasteiger partial charge is 0.343 e. The van der Waals surface area contributed by atoms with Crippen LogP contribution in [0, 0.1) is 0 Å². The molecule has 0 heterocycles. The van der Waals surface area contributed by atoms with Crippen LogP contribution < -0.4 is 0 Å². The Hall–Kier alpha value is -0.600. The van der Waals surface area contributed by atoms with Crippen molar-refractivity contribution in [2.75, 3.05) is 20.0 Å². The highest BCUT2D eigenvalue weighted by Crippen LogP contribution is 2.35. The summed E-state index contributed by atoms with van der Waals surface area (Å²) in [4.78, 5) is 21.3. The standard InChI is InChI=1S/C7H14NO3P/c1-6(2)7(9)8(3)5-12(4,10)11/h1,5H2,2-4H3,(H,10,11). The first-order chi connectivity index (χ1) is 5.24. The van der Waals surface area contributed by atoms with E-state index in [1.54, 1.807) is 6.92 Å². The van der Waals surface area contributed by atoms with Crippen LogP contribution in [0.15, 0.2) is 12.2 Å². The maximum Gasteiger partial charge on any atom is 0.249 e. The molecule has 0 aromatic rings. The van der Waals surface area contributed by atoms with Crippen molar-refractivity contribution in [3.63, 3.8) is 0 Å². The number of hydrogen-bond acceptors (Lipinski definition) is 2. The molecule has 1 atom stereocenters. The molecule has 0 aromatic heterocycles. The number of likely N-dealkylation sites (N-methyl/N-ethyl adjacent to an activating group) is 1. The number of amides is 1. The Bertz CT molecular complexity index is 243. The van der Waals surface area contributed by atoms with Crippen LogP contribution in [0.1, 0.15) is 6.92 Å². The van der Waals surface area contributed by atoms with Gasteiger partial charge in [-0.25, -0.2) is 0 Å². The van der Waals surface area contributed by atoms with Crippen molar-refractivity contribution in [3.05, 3.63) is 12.2 Å². The van der Waals surface area contributed by atoms with Gasteiger partial charge in [0.15, 0.2) is 0 Å². The van der Waals surface area contributed by atoms with Gasteiger partial charge in [-0.2, -0.15) is 0 Å². The Morgan fingerprint density at radius 2 is 2.08 bits per heavy atom. The predicted octanol–water partition coefficient (Wildman–Crippen LogP) is 0.879. The first-order valence-corrected chi connectivity index (χ1v) is 5.73. The molecule has 0 fully saturated rings. The molecule has 0 saturated carbocycles. The lowest BCUT2D eigenvalue weighted by Crippen LogP contribution is -2.27. The molecule has 70 valence electrons. The van der Waals surface area contributed by atoms with Gasteiger partial charge in [0.2, 0.25) is 13.3 Å². The van der Waals surface area contributed by atoms with E-state index in [2.05, 4.69) is 6.58 Å². The zero-order valence-corrected chi connectivity index (χ0v) is 8.47. The van der Waals surface area contributed by atoms with Crippen LogP contribution in [0.2, 0.25) is 0 Å². The van der Waals surface area contributed by atoms with Crippen LogP contribution in [-0.4, -0.2) is 35.7 Å². The van der Waals surface area contributed by atoms with Crippen LogP contribution in [0.25, 0.3) is 0 Å². The number of nitrogens with zero attached hydrogens (tertiary/aromatic N) is 1. The summed E-state index contributed by atoms with van der Waals surface area (Å²) in [6.45, 7) is 6.23. The maximum absolute atomic E-state index is 11.1. The Kier molecular flexibility index (Phi) is 3.68. The van der Waals surface area contributed by atoms with E-state index in [-0.39, 0.29) is 12.2 Å². The van der Waals surface area contributed by atoms with Crippen molar-refractivity contribution in [1.82, 2.24) is 4.90 Å². The van der Waals surface area contributed by atoms with Gasteiger partial charge >= 0.3 is 0 Å². The summed E-state index contributed by atoms with van der Waals surface area (Å²) >= 11 is 0. The van der Waals surface area contributed by atoms with E-state index < -0.39 is 7.37 Å². The lowest BCUT2D eigenvalue weighted by Gasteiger charge is -2.18. The zero-order chi connectivity index (χ0) is 9.94. The molecule has 0 spiro atoms. The maximum atomic E-state index is 11.1. The zero-order valence-electron chi connectivity index (χ0n) is 7.57. The molecule has 0 bridgehead atoms. The molecular formula is C7H14NO3P. The number of carbonyl (C=O) groups excluding carboxylic acids is 1. The minimum absolute atomic E-state index is 0.126. The van der Waals surface area contributed by atoms with Crippen LogP contribution in [0.3, 0.4) is 0 Å². The van der Waals surface area contributed by atoms with Gasteiger partial charge in [-0.05, 0) is 6.92 Å². The number of rotatable bonds is 3. The lowest BCUT2D eigenvalue weighted by molar-refractivity contribution is -0.125.